The number of rotatable bonds is 0. The third-order valence-electron chi connectivity index (χ3n) is 8.40. The van der Waals surface area contributed by atoms with E-state index in [1.807, 2.05) is 0 Å². The Morgan fingerprint density at radius 2 is 1.70 bits per heavy atom. The molecule has 0 unspecified atom stereocenters. The molecule has 7 atom stereocenters. The minimum absolute atomic E-state index is 0. The molecule has 0 amide bonds. The van der Waals surface area contributed by atoms with Crippen LogP contribution in [0.25, 0.3) is 0 Å². The highest BCUT2D eigenvalue weighted by molar-refractivity contribution is 5.25. The minimum atomic E-state index is 0. The van der Waals surface area contributed by atoms with Crippen molar-refractivity contribution in [2.24, 2.45) is 28.6 Å². The highest BCUT2D eigenvalue weighted by Crippen LogP contribution is 2.64. The third-order valence-corrected chi connectivity index (χ3v) is 8.40. The first-order valence-corrected chi connectivity index (χ1v) is 9.31. The molecule has 0 aliphatic heterocycles. The molecule has 0 bridgehead atoms. The zero-order chi connectivity index (χ0) is 14.8. The summed E-state index contributed by atoms with van der Waals surface area (Å²) in [6.45, 7) is 5.16. The van der Waals surface area contributed by atoms with Crippen molar-refractivity contribution in [1.82, 2.24) is 0 Å². The van der Waals surface area contributed by atoms with Gasteiger partial charge in [-0.05, 0) is 55.3 Å². The van der Waals surface area contributed by atoms with E-state index in [0.717, 1.165) is 17.8 Å². The van der Waals surface area contributed by atoms with E-state index in [9.17, 15) is 0 Å². The molecular formula is C19H34Cl2N2. The zero-order valence-electron chi connectivity index (χ0n) is 14.8. The van der Waals surface area contributed by atoms with Gasteiger partial charge in [0.25, 0.3) is 0 Å². The Labute approximate surface area is 154 Å². The maximum Gasteiger partial charge on any atom is 0.0900 e. The van der Waals surface area contributed by atoms with Crippen molar-refractivity contribution < 1.29 is 36.3 Å². The first-order chi connectivity index (χ1) is 9.95. The van der Waals surface area contributed by atoms with Crippen LogP contribution in [-0.4, -0.2) is 12.1 Å². The van der Waals surface area contributed by atoms with Gasteiger partial charge in [0.2, 0.25) is 0 Å². The van der Waals surface area contributed by atoms with Crippen LogP contribution in [0.1, 0.15) is 65.2 Å². The fourth-order valence-corrected chi connectivity index (χ4v) is 6.85. The van der Waals surface area contributed by atoms with Gasteiger partial charge >= 0.3 is 0 Å². The molecular weight excluding hydrogens is 327 g/mol. The third kappa shape index (κ3) is 2.69. The lowest BCUT2D eigenvalue weighted by atomic mass is 9.48. The summed E-state index contributed by atoms with van der Waals surface area (Å²) in [5, 5.41) is 0. The van der Waals surface area contributed by atoms with E-state index in [-0.39, 0.29) is 24.8 Å². The topological polar surface area (TPSA) is 55.3 Å². The van der Waals surface area contributed by atoms with E-state index in [1.165, 1.54) is 51.4 Å². The second-order valence-corrected chi connectivity index (χ2v) is 9.19. The van der Waals surface area contributed by atoms with Crippen LogP contribution in [0.2, 0.25) is 0 Å². The fourth-order valence-electron chi connectivity index (χ4n) is 6.85. The van der Waals surface area contributed by atoms with Crippen molar-refractivity contribution in [3.05, 3.63) is 11.6 Å². The molecule has 0 aromatic carbocycles. The summed E-state index contributed by atoms with van der Waals surface area (Å²) in [5.41, 5.74) is 11.7. The smallest absolute Gasteiger partial charge is 0.0900 e. The summed E-state index contributed by atoms with van der Waals surface area (Å²) in [4.78, 5) is 0. The van der Waals surface area contributed by atoms with Gasteiger partial charge in [0.1, 0.15) is 0 Å². The van der Waals surface area contributed by atoms with Gasteiger partial charge in [0, 0.05) is 24.7 Å². The number of hydrogen-bond donors (Lipinski definition) is 2. The summed E-state index contributed by atoms with van der Waals surface area (Å²) in [5.74, 6) is 2.85. The average molecular weight is 361 g/mol. The van der Waals surface area contributed by atoms with E-state index < -0.39 is 0 Å². The van der Waals surface area contributed by atoms with Gasteiger partial charge in [-0.3, -0.25) is 0 Å². The molecule has 0 saturated heterocycles. The quantitative estimate of drug-likeness (QED) is 0.416. The van der Waals surface area contributed by atoms with Crippen LogP contribution in [-0.2, 0) is 0 Å². The number of allylic oxidation sites excluding steroid dienone is 1. The number of hydrogen-bond acceptors (Lipinski definition) is 0. The van der Waals surface area contributed by atoms with E-state index in [1.54, 1.807) is 5.57 Å². The number of halogens is 2. The molecule has 134 valence electrons. The predicted molar refractivity (Wildman–Crippen MR) is 85.1 cm³/mol. The monoisotopic (exact) mass is 360 g/mol. The van der Waals surface area contributed by atoms with Gasteiger partial charge < -0.3 is 36.3 Å². The summed E-state index contributed by atoms with van der Waals surface area (Å²) in [6.07, 6.45) is 13.7. The minimum Gasteiger partial charge on any atom is -1.00 e. The van der Waals surface area contributed by atoms with Crippen molar-refractivity contribution in [1.29, 1.82) is 0 Å². The van der Waals surface area contributed by atoms with Crippen LogP contribution >= 0.6 is 0 Å². The molecule has 3 fully saturated rings. The van der Waals surface area contributed by atoms with E-state index in [0.29, 0.717) is 22.9 Å². The van der Waals surface area contributed by atoms with E-state index >= 15 is 0 Å². The van der Waals surface area contributed by atoms with Crippen LogP contribution in [0.15, 0.2) is 11.6 Å². The Kier molecular flexibility index (Phi) is 5.54. The van der Waals surface area contributed by atoms with Gasteiger partial charge in [-0.1, -0.05) is 25.5 Å². The highest BCUT2D eigenvalue weighted by Gasteiger charge is 2.59. The van der Waals surface area contributed by atoms with Crippen LogP contribution in [0, 0.1) is 28.6 Å². The lowest BCUT2D eigenvalue weighted by molar-refractivity contribution is -0.445. The van der Waals surface area contributed by atoms with Gasteiger partial charge in [-0.25, -0.2) is 0 Å². The van der Waals surface area contributed by atoms with Crippen molar-refractivity contribution in [2.75, 3.05) is 0 Å². The van der Waals surface area contributed by atoms with Crippen LogP contribution in [0.4, 0.5) is 0 Å². The SMILES string of the molecule is C[C@]12CC[C@H]3[C@@H](CC=C4C[C@H]([NH3+])CC[C@@]43C)[C@@H]1CC[C@@H]2[NH3+].[Cl-].[Cl-]. The molecule has 0 aromatic heterocycles. The van der Waals surface area contributed by atoms with E-state index in [4.69, 9.17) is 0 Å². The van der Waals surface area contributed by atoms with Gasteiger partial charge in [-0.2, -0.15) is 0 Å². The maximum atomic E-state index is 4.52. The Bertz CT molecular complexity index is 480. The molecule has 3 saturated carbocycles. The summed E-state index contributed by atoms with van der Waals surface area (Å²) in [7, 11) is 0. The molecule has 4 aliphatic carbocycles. The number of fused-ring (bicyclic) bond motifs is 5. The van der Waals surface area contributed by atoms with Gasteiger partial charge in [0.05, 0.1) is 12.1 Å². The molecule has 4 aliphatic rings. The summed E-state index contributed by atoms with van der Waals surface area (Å²) < 4.78 is 0. The largest absolute Gasteiger partial charge is 1.00 e. The van der Waals surface area contributed by atoms with Crippen LogP contribution < -0.4 is 36.3 Å². The number of quaternary nitrogens is 2. The highest BCUT2D eigenvalue weighted by atomic mass is 35.5. The predicted octanol–water partition coefficient (Wildman–Crippen LogP) is -3.82. The van der Waals surface area contributed by atoms with Crippen LogP contribution in [0.5, 0.6) is 0 Å². The molecule has 4 rings (SSSR count). The lowest BCUT2D eigenvalue weighted by Gasteiger charge is -2.57. The first kappa shape index (κ1) is 19.6. The molecule has 4 heteroatoms. The van der Waals surface area contributed by atoms with Crippen molar-refractivity contribution in [3.8, 4) is 0 Å². The maximum absolute atomic E-state index is 4.52. The van der Waals surface area contributed by atoms with Crippen molar-refractivity contribution >= 4 is 0 Å². The van der Waals surface area contributed by atoms with Gasteiger partial charge in [-0.15, -0.1) is 0 Å². The van der Waals surface area contributed by atoms with Crippen molar-refractivity contribution in [3.63, 3.8) is 0 Å². The average Bonchev–Trinajstić information content (AvgIpc) is 2.76. The fraction of sp³-hybridized carbons (Fsp3) is 0.895. The summed E-state index contributed by atoms with van der Waals surface area (Å²) in [6, 6.07) is 1.38. The molecule has 0 heterocycles. The Hall–Kier alpha value is 0.240. The first-order valence-electron chi connectivity index (χ1n) is 9.31. The van der Waals surface area contributed by atoms with E-state index in [2.05, 4.69) is 31.4 Å². The van der Waals surface area contributed by atoms with Crippen LogP contribution in [0.3, 0.4) is 0 Å². The standard InChI is InChI=1S/C19H32N2.2ClH/c1-18-9-7-13(20)11-12(18)3-4-14-15-5-6-17(21)19(15,2)10-8-16(14)18;;/h3,13-17H,4-11,20-21H2,1-2H3;2*1H/t13-,14+,15+,16+,17+,18+,19+;;/m1../s1. The summed E-state index contributed by atoms with van der Waals surface area (Å²) >= 11 is 0. The molecule has 0 radical (unpaired) electrons. The Morgan fingerprint density at radius 1 is 0.957 bits per heavy atom. The second-order valence-electron chi connectivity index (χ2n) is 9.19. The Morgan fingerprint density at radius 3 is 2.43 bits per heavy atom. The van der Waals surface area contributed by atoms with Gasteiger partial charge in [0.15, 0.2) is 0 Å². The zero-order valence-corrected chi connectivity index (χ0v) is 16.3. The molecule has 0 spiro atoms. The second kappa shape index (κ2) is 6.52. The molecule has 0 aromatic rings. The molecule has 2 nitrogen and oxygen atoms in total. The Balaban J connectivity index is 0.000000960. The van der Waals surface area contributed by atoms with Crippen molar-refractivity contribution in [2.45, 2.75) is 77.3 Å². The molecule has 23 heavy (non-hydrogen) atoms. The molecule has 6 N–H and O–H groups in total. The normalized spacial score (nSPS) is 51.3. The lowest BCUT2D eigenvalue weighted by Crippen LogP contribution is -3.00.